The third-order valence-corrected chi connectivity index (χ3v) is 4.59. The number of hydrogen-bond donors (Lipinski definition) is 1. The number of carbonyl (C=O) groups is 1. The number of rotatable bonds is 3. The van der Waals surface area contributed by atoms with Gasteiger partial charge in [-0.1, -0.05) is 0 Å². The second-order valence-corrected chi connectivity index (χ2v) is 6.01. The first-order valence-electron chi connectivity index (χ1n) is 6.07. The zero-order valence-corrected chi connectivity index (χ0v) is 11.2. The minimum Gasteiger partial charge on any atom is -0.481 e. The van der Waals surface area contributed by atoms with E-state index in [9.17, 15) is 4.79 Å². The molecule has 0 bridgehead atoms. The van der Waals surface area contributed by atoms with Crippen molar-refractivity contribution in [1.82, 2.24) is 4.90 Å². The molecule has 0 saturated carbocycles. The summed E-state index contributed by atoms with van der Waals surface area (Å²) in [6, 6.07) is 2.64. The number of carboxylic acids is 1. The number of likely N-dealkylation sites (tertiary alicyclic amines) is 1. The van der Waals surface area contributed by atoms with Crippen LogP contribution in [0.2, 0.25) is 0 Å². The molecular weight excluding hydrogens is 234 g/mol. The zero-order chi connectivity index (χ0) is 12.4. The van der Waals surface area contributed by atoms with Gasteiger partial charge in [0.15, 0.2) is 0 Å². The summed E-state index contributed by atoms with van der Waals surface area (Å²) < 4.78 is 0. The summed E-state index contributed by atoms with van der Waals surface area (Å²) in [6.45, 7) is 5.90. The zero-order valence-electron chi connectivity index (χ0n) is 10.3. The molecule has 1 saturated heterocycles. The molecule has 0 spiro atoms. The van der Waals surface area contributed by atoms with E-state index in [2.05, 4.69) is 30.2 Å². The number of thiophene rings is 1. The summed E-state index contributed by atoms with van der Waals surface area (Å²) in [6.07, 6.45) is 1.80. The summed E-state index contributed by atoms with van der Waals surface area (Å²) in [5, 5.41) is 11.2. The lowest BCUT2D eigenvalue weighted by atomic mass is 9.93. The molecule has 1 N–H and O–H groups in total. The van der Waals surface area contributed by atoms with Crippen molar-refractivity contribution < 1.29 is 9.90 Å². The summed E-state index contributed by atoms with van der Waals surface area (Å²) in [5.74, 6) is -0.839. The van der Waals surface area contributed by atoms with Crippen LogP contribution < -0.4 is 0 Å². The largest absolute Gasteiger partial charge is 0.481 e. The number of piperidine rings is 1. The van der Waals surface area contributed by atoms with Crippen molar-refractivity contribution in [2.75, 3.05) is 6.54 Å². The van der Waals surface area contributed by atoms with Crippen molar-refractivity contribution in [1.29, 1.82) is 0 Å². The number of hydrogen-bond acceptors (Lipinski definition) is 3. The molecule has 94 valence electrons. The Kier molecular flexibility index (Phi) is 3.84. The van der Waals surface area contributed by atoms with E-state index in [1.54, 1.807) is 11.3 Å². The first-order valence-corrected chi connectivity index (χ1v) is 6.95. The second-order valence-electron chi connectivity index (χ2n) is 4.89. The molecule has 4 heteroatoms. The summed E-state index contributed by atoms with van der Waals surface area (Å²) in [7, 11) is 0. The highest BCUT2D eigenvalue weighted by Gasteiger charge is 2.29. The van der Waals surface area contributed by atoms with E-state index in [0.717, 1.165) is 19.4 Å². The minimum absolute atomic E-state index is 0.190. The highest BCUT2D eigenvalue weighted by Crippen LogP contribution is 2.25. The molecule has 1 aromatic rings. The minimum atomic E-state index is -0.649. The Bertz CT molecular complexity index is 402. The molecular formula is C13H19NO2S. The summed E-state index contributed by atoms with van der Waals surface area (Å²) in [4.78, 5) is 14.7. The molecule has 0 aliphatic carbocycles. The third-order valence-electron chi connectivity index (χ3n) is 3.70. The molecule has 1 aromatic heterocycles. The molecule has 1 aliphatic heterocycles. The SMILES string of the molecule is Cc1sccc1CN1CC(C(=O)O)CCC1C. The van der Waals surface area contributed by atoms with Crippen LogP contribution in [0.5, 0.6) is 0 Å². The molecule has 3 nitrogen and oxygen atoms in total. The lowest BCUT2D eigenvalue weighted by Crippen LogP contribution is -2.43. The van der Waals surface area contributed by atoms with E-state index in [-0.39, 0.29) is 5.92 Å². The van der Waals surface area contributed by atoms with Crippen LogP contribution in [0.4, 0.5) is 0 Å². The average Bonchev–Trinajstić information content (AvgIpc) is 2.67. The van der Waals surface area contributed by atoms with Crippen molar-refractivity contribution in [2.24, 2.45) is 5.92 Å². The average molecular weight is 253 g/mol. The van der Waals surface area contributed by atoms with Crippen LogP contribution in [0.15, 0.2) is 11.4 Å². The predicted octanol–water partition coefficient (Wildman–Crippen LogP) is 2.74. The van der Waals surface area contributed by atoms with Gasteiger partial charge in [0.2, 0.25) is 0 Å². The maximum absolute atomic E-state index is 11.1. The normalized spacial score (nSPS) is 26.0. The van der Waals surface area contributed by atoms with Gasteiger partial charge in [-0.25, -0.2) is 0 Å². The Labute approximate surface area is 106 Å². The molecule has 1 aliphatic rings. The monoisotopic (exact) mass is 253 g/mol. The van der Waals surface area contributed by atoms with Crippen LogP contribution in [-0.4, -0.2) is 28.6 Å². The van der Waals surface area contributed by atoms with Crippen molar-refractivity contribution in [2.45, 2.75) is 39.3 Å². The second kappa shape index (κ2) is 5.19. The molecule has 2 unspecified atom stereocenters. The van der Waals surface area contributed by atoms with E-state index in [4.69, 9.17) is 5.11 Å². The highest BCUT2D eigenvalue weighted by atomic mass is 32.1. The molecule has 0 aromatic carbocycles. The maximum Gasteiger partial charge on any atom is 0.307 e. The Hall–Kier alpha value is -0.870. The van der Waals surface area contributed by atoms with Gasteiger partial charge in [-0.15, -0.1) is 11.3 Å². The van der Waals surface area contributed by atoms with Gasteiger partial charge >= 0.3 is 5.97 Å². The van der Waals surface area contributed by atoms with Crippen LogP contribution in [0.3, 0.4) is 0 Å². The molecule has 0 radical (unpaired) electrons. The van der Waals surface area contributed by atoms with Gasteiger partial charge in [0.1, 0.15) is 0 Å². The van der Waals surface area contributed by atoms with Crippen molar-refractivity contribution in [3.63, 3.8) is 0 Å². The molecule has 2 rings (SSSR count). The van der Waals surface area contributed by atoms with Crippen molar-refractivity contribution in [3.05, 3.63) is 21.9 Å². The maximum atomic E-state index is 11.1. The van der Waals surface area contributed by atoms with E-state index in [0.29, 0.717) is 12.6 Å². The van der Waals surface area contributed by atoms with E-state index in [1.807, 2.05) is 0 Å². The summed E-state index contributed by atoms with van der Waals surface area (Å²) in [5.41, 5.74) is 1.34. The predicted molar refractivity (Wildman–Crippen MR) is 69.3 cm³/mol. The fraction of sp³-hybridized carbons (Fsp3) is 0.615. The van der Waals surface area contributed by atoms with Gasteiger partial charge in [0.05, 0.1) is 5.92 Å². The number of carboxylic acid groups (broad SMARTS) is 1. The fourth-order valence-corrected chi connectivity index (χ4v) is 3.12. The van der Waals surface area contributed by atoms with Gasteiger partial charge in [0.25, 0.3) is 0 Å². The van der Waals surface area contributed by atoms with Crippen LogP contribution >= 0.6 is 11.3 Å². The van der Waals surface area contributed by atoms with Crippen LogP contribution in [0.1, 0.15) is 30.2 Å². The summed E-state index contributed by atoms with van der Waals surface area (Å²) >= 11 is 1.76. The lowest BCUT2D eigenvalue weighted by molar-refractivity contribution is -0.144. The van der Waals surface area contributed by atoms with Gasteiger partial charge < -0.3 is 5.11 Å². The molecule has 1 fully saturated rings. The van der Waals surface area contributed by atoms with Crippen LogP contribution in [-0.2, 0) is 11.3 Å². The Morgan fingerprint density at radius 2 is 2.35 bits per heavy atom. The van der Waals surface area contributed by atoms with Crippen molar-refractivity contribution >= 4 is 17.3 Å². The van der Waals surface area contributed by atoms with Crippen LogP contribution in [0.25, 0.3) is 0 Å². The molecule has 2 heterocycles. The first kappa shape index (κ1) is 12.6. The van der Waals surface area contributed by atoms with Gasteiger partial charge in [-0.3, -0.25) is 9.69 Å². The standard InChI is InChI=1S/C13H19NO2S/c1-9-3-4-12(13(15)16)8-14(9)7-11-5-6-17-10(11)2/h5-6,9,12H,3-4,7-8H2,1-2H3,(H,15,16). The highest BCUT2D eigenvalue weighted by molar-refractivity contribution is 7.10. The Morgan fingerprint density at radius 3 is 2.94 bits per heavy atom. The smallest absolute Gasteiger partial charge is 0.307 e. The topological polar surface area (TPSA) is 40.5 Å². The molecule has 0 amide bonds. The van der Waals surface area contributed by atoms with Gasteiger partial charge in [0, 0.05) is 24.0 Å². The Balaban J connectivity index is 2.03. The first-order chi connectivity index (χ1) is 8.08. The van der Waals surface area contributed by atoms with Crippen molar-refractivity contribution in [3.8, 4) is 0 Å². The molecule has 2 atom stereocenters. The quantitative estimate of drug-likeness (QED) is 0.900. The van der Waals surface area contributed by atoms with Gasteiger partial charge in [-0.05, 0) is 43.7 Å². The van der Waals surface area contributed by atoms with E-state index in [1.165, 1.54) is 10.4 Å². The van der Waals surface area contributed by atoms with Gasteiger partial charge in [-0.2, -0.15) is 0 Å². The Morgan fingerprint density at radius 1 is 1.59 bits per heavy atom. The lowest BCUT2D eigenvalue weighted by Gasteiger charge is -2.36. The number of nitrogens with zero attached hydrogens (tertiary/aromatic N) is 1. The number of aliphatic carboxylic acids is 1. The fourth-order valence-electron chi connectivity index (χ4n) is 2.40. The molecule has 17 heavy (non-hydrogen) atoms. The van der Waals surface area contributed by atoms with E-state index >= 15 is 0 Å². The third kappa shape index (κ3) is 2.87. The van der Waals surface area contributed by atoms with Crippen LogP contribution in [0, 0.1) is 12.8 Å². The number of aryl methyl sites for hydroxylation is 1. The van der Waals surface area contributed by atoms with E-state index < -0.39 is 5.97 Å².